The number of phenols is 1. The summed E-state index contributed by atoms with van der Waals surface area (Å²) in [6.07, 6.45) is -4.83. The summed E-state index contributed by atoms with van der Waals surface area (Å²) in [5.41, 5.74) is 2.72. The third-order valence-corrected chi connectivity index (χ3v) is 5.73. The number of halogens is 4. The van der Waals surface area contributed by atoms with E-state index in [-0.39, 0.29) is 23.1 Å². The van der Waals surface area contributed by atoms with Crippen molar-refractivity contribution in [2.24, 2.45) is 0 Å². The fraction of sp³-hybridized carbons (Fsp3) is 0.250. The van der Waals surface area contributed by atoms with E-state index in [1.54, 1.807) is 12.1 Å². The maximum atomic E-state index is 13.0. The minimum absolute atomic E-state index is 0.0872. The molecule has 0 radical (unpaired) electrons. The fourth-order valence-corrected chi connectivity index (χ4v) is 4.16. The summed E-state index contributed by atoms with van der Waals surface area (Å²) < 4.78 is 43.1. The molecule has 0 spiro atoms. The molecule has 1 aliphatic rings. The summed E-state index contributed by atoms with van der Waals surface area (Å²) in [5.74, 6) is -0.483. The van der Waals surface area contributed by atoms with Crippen LogP contribution in [0.1, 0.15) is 17.2 Å². The fourth-order valence-electron chi connectivity index (χ4n) is 4.03. The van der Waals surface area contributed by atoms with Crippen LogP contribution >= 0.6 is 11.6 Å². The molecule has 0 aromatic heterocycles. The summed E-state index contributed by atoms with van der Waals surface area (Å²) in [7, 11) is 0. The summed E-state index contributed by atoms with van der Waals surface area (Å²) >= 11 is 6.04. The highest BCUT2D eigenvalue weighted by molar-refractivity contribution is 6.30. The lowest BCUT2D eigenvalue weighted by Gasteiger charge is -2.37. The number of rotatable bonds is 5. The van der Waals surface area contributed by atoms with Gasteiger partial charge in [-0.15, -0.1) is 13.2 Å². The maximum absolute atomic E-state index is 13.0. The second-order valence-electron chi connectivity index (χ2n) is 7.63. The average molecular weight is 463 g/mol. The van der Waals surface area contributed by atoms with Crippen molar-refractivity contribution >= 4 is 11.6 Å². The van der Waals surface area contributed by atoms with Crippen molar-refractivity contribution in [3.8, 4) is 22.6 Å². The summed E-state index contributed by atoms with van der Waals surface area (Å²) in [4.78, 5) is 2.28. The maximum Gasteiger partial charge on any atom is 0.573 e. The van der Waals surface area contributed by atoms with Gasteiger partial charge in [0.1, 0.15) is 11.5 Å². The van der Waals surface area contributed by atoms with Gasteiger partial charge in [0, 0.05) is 42.8 Å². The van der Waals surface area contributed by atoms with E-state index in [0.717, 1.165) is 36.8 Å². The van der Waals surface area contributed by atoms with Crippen LogP contribution in [-0.2, 0) is 6.54 Å². The molecule has 168 valence electrons. The number of hydrogen-bond acceptors (Lipinski definition) is 4. The third-order valence-electron chi connectivity index (χ3n) is 5.48. The van der Waals surface area contributed by atoms with Gasteiger partial charge in [0.2, 0.25) is 0 Å². The molecule has 0 aliphatic carbocycles. The highest BCUT2D eigenvalue weighted by Gasteiger charge is 2.33. The van der Waals surface area contributed by atoms with Crippen LogP contribution in [0.25, 0.3) is 11.1 Å². The van der Waals surface area contributed by atoms with Gasteiger partial charge in [0.25, 0.3) is 0 Å². The van der Waals surface area contributed by atoms with Gasteiger partial charge in [-0.3, -0.25) is 4.90 Å². The first-order valence-electron chi connectivity index (χ1n) is 10.2. The van der Waals surface area contributed by atoms with Gasteiger partial charge in [-0.1, -0.05) is 48.0 Å². The molecule has 0 saturated carbocycles. The van der Waals surface area contributed by atoms with E-state index in [1.807, 2.05) is 36.4 Å². The monoisotopic (exact) mass is 462 g/mol. The van der Waals surface area contributed by atoms with Gasteiger partial charge in [-0.05, 0) is 47.0 Å². The second-order valence-corrected chi connectivity index (χ2v) is 8.06. The van der Waals surface area contributed by atoms with Crippen molar-refractivity contribution in [2.45, 2.75) is 18.9 Å². The van der Waals surface area contributed by atoms with Crippen molar-refractivity contribution in [1.29, 1.82) is 0 Å². The number of alkyl halides is 3. The molecule has 0 bridgehead atoms. The first kappa shape index (κ1) is 22.5. The van der Waals surface area contributed by atoms with Crippen molar-refractivity contribution < 1.29 is 23.0 Å². The van der Waals surface area contributed by atoms with Gasteiger partial charge < -0.3 is 15.2 Å². The normalized spacial score (nSPS) is 17.3. The number of piperazine rings is 1. The van der Waals surface area contributed by atoms with Crippen molar-refractivity contribution in [1.82, 2.24) is 10.2 Å². The molecule has 32 heavy (non-hydrogen) atoms. The van der Waals surface area contributed by atoms with E-state index in [9.17, 15) is 18.3 Å². The number of ether oxygens (including phenoxy) is 1. The van der Waals surface area contributed by atoms with Crippen LogP contribution in [0.3, 0.4) is 0 Å². The molecule has 4 rings (SSSR count). The Bertz CT molecular complexity index is 1070. The predicted octanol–water partition coefficient (Wildman–Crippen LogP) is 5.76. The van der Waals surface area contributed by atoms with Gasteiger partial charge >= 0.3 is 6.36 Å². The molecule has 4 nitrogen and oxygen atoms in total. The van der Waals surface area contributed by atoms with E-state index in [0.29, 0.717) is 17.1 Å². The van der Waals surface area contributed by atoms with E-state index in [1.165, 1.54) is 12.1 Å². The Kier molecular flexibility index (Phi) is 6.60. The van der Waals surface area contributed by atoms with Crippen LogP contribution in [0.15, 0.2) is 66.7 Å². The highest BCUT2D eigenvalue weighted by Crippen LogP contribution is 2.39. The number of nitrogens with zero attached hydrogens (tertiary/aromatic N) is 1. The first-order valence-corrected chi connectivity index (χ1v) is 10.6. The highest BCUT2D eigenvalue weighted by atomic mass is 35.5. The standard InChI is InChI=1S/C24H22ClF3N2O2/c25-18-7-5-16(6-8-18)22-14-29-11-12-30(22)15-17-3-1-2-4-20(17)21-13-19(31)9-10-23(21)32-24(26,27)28/h1-10,13,22,29,31H,11-12,14-15H2/t22-/m0/s1. The Morgan fingerprint density at radius 2 is 1.78 bits per heavy atom. The molecule has 1 aliphatic heterocycles. The Morgan fingerprint density at radius 3 is 2.53 bits per heavy atom. The van der Waals surface area contributed by atoms with Crippen molar-refractivity contribution in [2.75, 3.05) is 19.6 Å². The van der Waals surface area contributed by atoms with Gasteiger partial charge in [0.05, 0.1) is 0 Å². The Labute approximate surface area is 189 Å². The number of benzene rings is 3. The topological polar surface area (TPSA) is 44.7 Å². The summed E-state index contributed by atoms with van der Waals surface area (Å²) in [5, 5.41) is 14.0. The van der Waals surface area contributed by atoms with Crippen LogP contribution in [0.2, 0.25) is 5.02 Å². The Hall–Kier alpha value is -2.74. The van der Waals surface area contributed by atoms with E-state index >= 15 is 0 Å². The van der Waals surface area contributed by atoms with Crippen molar-refractivity contribution in [3.63, 3.8) is 0 Å². The van der Waals surface area contributed by atoms with E-state index in [4.69, 9.17) is 11.6 Å². The lowest BCUT2D eigenvalue weighted by atomic mass is 9.96. The lowest BCUT2D eigenvalue weighted by molar-refractivity contribution is -0.274. The average Bonchev–Trinajstić information content (AvgIpc) is 2.76. The van der Waals surface area contributed by atoms with Crippen LogP contribution < -0.4 is 10.1 Å². The summed E-state index contributed by atoms with van der Waals surface area (Å²) in [6.45, 7) is 2.85. The molecule has 3 aromatic rings. The minimum atomic E-state index is -4.83. The number of nitrogens with one attached hydrogen (secondary N) is 1. The zero-order valence-corrected chi connectivity index (χ0v) is 17.8. The molecule has 1 saturated heterocycles. The quantitative estimate of drug-likeness (QED) is 0.506. The predicted molar refractivity (Wildman–Crippen MR) is 118 cm³/mol. The summed E-state index contributed by atoms with van der Waals surface area (Å²) in [6, 6.07) is 18.6. The van der Waals surface area contributed by atoms with Gasteiger partial charge in [-0.2, -0.15) is 0 Å². The van der Waals surface area contributed by atoms with Crippen LogP contribution in [0, 0.1) is 0 Å². The molecule has 0 unspecified atom stereocenters. The van der Waals surface area contributed by atoms with Crippen molar-refractivity contribution in [3.05, 3.63) is 82.9 Å². The van der Waals surface area contributed by atoms with Crippen LogP contribution in [0.4, 0.5) is 13.2 Å². The SMILES string of the molecule is Oc1ccc(OC(F)(F)F)c(-c2ccccc2CN2CCNC[C@H]2c2ccc(Cl)cc2)c1. The first-order chi connectivity index (χ1) is 15.3. The lowest BCUT2D eigenvalue weighted by Crippen LogP contribution is -2.45. The number of aromatic hydroxyl groups is 1. The minimum Gasteiger partial charge on any atom is -0.508 e. The van der Waals surface area contributed by atoms with E-state index < -0.39 is 6.36 Å². The largest absolute Gasteiger partial charge is 0.573 e. The smallest absolute Gasteiger partial charge is 0.508 e. The van der Waals surface area contributed by atoms with E-state index in [2.05, 4.69) is 15.0 Å². The molecule has 1 heterocycles. The Morgan fingerprint density at radius 1 is 1.03 bits per heavy atom. The number of hydrogen-bond donors (Lipinski definition) is 2. The molecule has 3 aromatic carbocycles. The molecule has 1 fully saturated rings. The zero-order valence-electron chi connectivity index (χ0n) is 17.1. The molecule has 1 atom stereocenters. The molecule has 2 N–H and O–H groups in total. The molecule has 0 amide bonds. The van der Waals surface area contributed by atoms with Crippen LogP contribution in [-0.4, -0.2) is 36.0 Å². The third kappa shape index (κ3) is 5.35. The molecular formula is C24H22ClF3N2O2. The molecular weight excluding hydrogens is 441 g/mol. The Balaban J connectivity index is 1.68. The number of phenolic OH excluding ortho intramolecular Hbond substituents is 1. The van der Waals surface area contributed by atoms with Crippen LogP contribution in [0.5, 0.6) is 11.5 Å². The zero-order chi connectivity index (χ0) is 22.7. The second kappa shape index (κ2) is 9.40. The van der Waals surface area contributed by atoms with Gasteiger partial charge in [-0.25, -0.2) is 0 Å². The van der Waals surface area contributed by atoms with Gasteiger partial charge in [0.15, 0.2) is 0 Å². The molecule has 8 heteroatoms.